The molecular formula is C11H19N3OS. The van der Waals surface area contributed by atoms with Crippen LogP contribution in [0.2, 0.25) is 0 Å². The fraction of sp³-hybridized carbons (Fsp3) is 0.818. The van der Waals surface area contributed by atoms with E-state index < -0.39 is 0 Å². The van der Waals surface area contributed by atoms with Crippen LogP contribution in [0.1, 0.15) is 45.4 Å². The molecule has 1 aliphatic rings. The molecule has 1 aromatic rings. The number of rotatable bonds is 5. The molecular weight excluding hydrogens is 222 g/mol. The molecule has 0 radical (unpaired) electrons. The van der Waals surface area contributed by atoms with E-state index in [0.29, 0.717) is 0 Å². The van der Waals surface area contributed by atoms with Crippen LogP contribution in [0.3, 0.4) is 0 Å². The van der Waals surface area contributed by atoms with Crippen molar-refractivity contribution in [2.75, 3.05) is 18.5 Å². The van der Waals surface area contributed by atoms with E-state index in [1.54, 1.807) is 0 Å². The topological polar surface area (TPSA) is 47.0 Å². The van der Waals surface area contributed by atoms with Crippen molar-refractivity contribution in [3.8, 4) is 0 Å². The Hall–Kier alpha value is -0.680. The zero-order valence-electron chi connectivity index (χ0n) is 9.95. The molecule has 1 aliphatic carbocycles. The lowest BCUT2D eigenvalue weighted by molar-refractivity contribution is -0.0447. The molecule has 1 aromatic heterocycles. The van der Waals surface area contributed by atoms with Gasteiger partial charge in [-0.1, -0.05) is 0 Å². The Bertz CT molecular complexity index is 334. The molecule has 16 heavy (non-hydrogen) atoms. The van der Waals surface area contributed by atoms with Crippen molar-refractivity contribution in [2.45, 2.75) is 45.1 Å². The summed E-state index contributed by atoms with van der Waals surface area (Å²) >= 11 is 1.43. The molecule has 1 N–H and O–H groups in total. The normalized spacial score (nSPS) is 18.9. The van der Waals surface area contributed by atoms with Crippen LogP contribution in [0, 0.1) is 0 Å². The van der Waals surface area contributed by atoms with Crippen LogP contribution in [0.4, 0.5) is 5.13 Å². The largest absolute Gasteiger partial charge is 0.367 e. The maximum absolute atomic E-state index is 5.92. The molecule has 1 saturated carbocycles. The van der Waals surface area contributed by atoms with Gasteiger partial charge in [-0.25, -0.2) is 4.98 Å². The van der Waals surface area contributed by atoms with Crippen LogP contribution in [0.5, 0.6) is 0 Å². The molecule has 0 unspecified atom stereocenters. The minimum atomic E-state index is -0.196. The van der Waals surface area contributed by atoms with Gasteiger partial charge in [-0.3, -0.25) is 0 Å². The maximum Gasteiger partial charge on any atom is 0.202 e. The van der Waals surface area contributed by atoms with Crippen molar-refractivity contribution < 1.29 is 4.74 Å². The Balaban J connectivity index is 2.18. The van der Waals surface area contributed by atoms with Gasteiger partial charge in [0.1, 0.15) is 5.60 Å². The molecule has 1 fully saturated rings. The minimum Gasteiger partial charge on any atom is -0.367 e. The molecule has 0 aromatic carbocycles. The molecule has 0 saturated heterocycles. The molecule has 90 valence electrons. The summed E-state index contributed by atoms with van der Waals surface area (Å²) < 4.78 is 10.4. The first-order valence-electron chi connectivity index (χ1n) is 6.03. The second-order valence-electron chi connectivity index (χ2n) is 4.09. The number of hydrogen-bond acceptors (Lipinski definition) is 5. The summed E-state index contributed by atoms with van der Waals surface area (Å²) in [5, 5.41) is 4.11. The average Bonchev–Trinajstić information content (AvgIpc) is 2.88. The van der Waals surface area contributed by atoms with Crippen molar-refractivity contribution in [3.63, 3.8) is 0 Å². The highest BCUT2D eigenvalue weighted by Gasteiger charge is 2.40. The zero-order chi connectivity index (χ0) is 11.4. The molecule has 1 heterocycles. The lowest BCUT2D eigenvalue weighted by Gasteiger charge is -2.25. The Morgan fingerprint density at radius 2 is 2.12 bits per heavy atom. The monoisotopic (exact) mass is 241 g/mol. The van der Waals surface area contributed by atoms with E-state index in [9.17, 15) is 0 Å². The average molecular weight is 241 g/mol. The Morgan fingerprint density at radius 1 is 1.38 bits per heavy atom. The van der Waals surface area contributed by atoms with Gasteiger partial charge in [0.05, 0.1) is 0 Å². The minimum absolute atomic E-state index is 0.196. The van der Waals surface area contributed by atoms with Crippen molar-refractivity contribution in [1.29, 1.82) is 0 Å². The fourth-order valence-electron chi connectivity index (χ4n) is 2.29. The van der Waals surface area contributed by atoms with E-state index in [1.807, 2.05) is 6.92 Å². The number of nitrogens with zero attached hydrogens (tertiary/aromatic N) is 2. The molecule has 0 bridgehead atoms. The third kappa shape index (κ3) is 2.20. The predicted octanol–water partition coefficient (Wildman–Crippen LogP) is 2.78. The Labute approximate surface area is 101 Å². The summed E-state index contributed by atoms with van der Waals surface area (Å²) in [6.07, 6.45) is 4.55. The van der Waals surface area contributed by atoms with Gasteiger partial charge >= 0.3 is 0 Å². The highest BCUT2D eigenvalue weighted by Crippen LogP contribution is 2.41. The van der Waals surface area contributed by atoms with Crippen LogP contribution in [0.15, 0.2) is 0 Å². The van der Waals surface area contributed by atoms with Gasteiger partial charge in [-0.05, 0) is 39.5 Å². The van der Waals surface area contributed by atoms with E-state index in [2.05, 4.69) is 21.6 Å². The third-order valence-corrected chi connectivity index (χ3v) is 3.67. The van der Waals surface area contributed by atoms with Crippen LogP contribution in [-0.2, 0) is 10.3 Å². The number of anilines is 1. The first kappa shape index (κ1) is 11.8. The fourth-order valence-corrected chi connectivity index (χ4v) is 3.00. The summed E-state index contributed by atoms with van der Waals surface area (Å²) in [4.78, 5) is 4.54. The SMILES string of the molecule is CCNc1nc(C2(OCC)CCCC2)ns1. The Morgan fingerprint density at radius 3 is 2.75 bits per heavy atom. The number of hydrogen-bond donors (Lipinski definition) is 1. The zero-order valence-corrected chi connectivity index (χ0v) is 10.8. The van der Waals surface area contributed by atoms with Crippen LogP contribution in [0.25, 0.3) is 0 Å². The van der Waals surface area contributed by atoms with Crippen molar-refractivity contribution in [2.24, 2.45) is 0 Å². The van der Waals surface area contributed by atoms with Crippen molar-refractivity contribution >= 4 is 16.7 Å². The summed E-state index contributed by atoms with van der Waals surface area (Å²) in [7, 11) is 0. The molecule has 0 aliphatic heterocycles. The molecule has 5 heteroatoms. The summed E-state index contributed by atoms with van der Waals surface area (Å²) in [5.41, 5.74) is -0.196. The van der Waals surface area contributed by atoms with Gasteiger partial charge < -0.3 is 10.1 Å². The van der Waals surface area contributed by atoms with Gasteiger partial charge in [-0.15, -0.1) is 0 Å². The van der Waals surface area contributed by atoms with Crippen LogP contribution in [-0.4, -0.2) is 22.5 Å². The maximum atomic E-state index is 5.92. The van der Waals surface area contributed by atoms with Gasteiger partial charge in [0.25, 0.3) is 0 Å². The summed E-state index contributed by atoms with van der Waals surface area (Å²) in [6.45, 7) is 5.72. The van der Waals surface area contributed by atoms with Crippen LogP contribution >= 0.6 is 11.5 Å². The van der Waals surface area contributed by atoms with E-state index in [0.717, 1.165) is 36.9 Å². The van der Waals surface area contributed by atoms with Crippen LogP contribution < -0.4 is 5.32 Å². The Kier molecular flexibility index (Phi) is 3.76. The highest BCUT2D eigenvalue weighted by molar-refractivity contribution is 7.09. The number of nitrogens with one attached hydrogen (secondary N) is 1. The molecule has 0 amide bonds. The summed E-state index contributed by atoms with van der Waals surface area (Å²) in [5.74, 6) is 0.882. The van der Waals surface area contributed by atoms with E-state index >= 15 is 0 Å². The third-order valence-electron chi connectivity index (χ3n) is 2.99. The van der Waals surface area contributed by atoms with Gasteiger partial charge in [0, 0.05) is 24.7 Å². The van der Waals surface area contributed by atoms with Crippen molar-refractivity contribution in [3.05, 3.63) is 5.82 Å². The number of aromatic nitrogens is 2. The second-order valence-corrected chi connectivity index (χ2v) is 4.84. The second kappa shape index (κ2) is 5.10. The van der Waals surface area contributed by atoms with E-state index in [4.69, 9.17) is 4.74 Å². The van der Waals surface area contributed by atoms with Gasteiger partial charge in [0.2, 0.25) is 5.13 Å². The van der Waals surface area contributed by atoms with E-state index in [-0.39, 0.29) is 5.60 Å². The first-order chi connectivity index (χ1) is 7.80. The molecule has 0 spiro atoms. The van der Waals surface area contributed by atoms with Gasteiger partial charge in [0.15, 0.2) is 5.82 Å². The smallest absolute Gasteiger partial charge is 0.202 e. The lowest BCUT2D eigenvalue weighted by atomic mass is 10.0. The number of ether oxygens (including phenoxy) is 1. The predicted molar refractivity (Wildman–Crippen MR) is 65.8 cm³/mol. The van der Waals surface area contributed by atoms with Gasteiger partial charge in [-0.2, -0.15) is 4.37 Å². The highest BCUT2D eigenvalue weighted by atomic mass is 32.1. The summed E-state index contributed by atoms with van der Waals surface area (Å²) in [6, 6.07) is 0. The molecule has 0 atom stereocenters. The van der Waals surface area contributed by atoms with E-state index in [1.165, 1.54) is 24.4 Å². The quantitative estimate of drug-likeness (QED) is 0.861. The first-order valence-corrected chi connectivity index (χ1v) is 6.80. The lowest BCUT2D eigenvalue weighted by Crippen LogP contribution is -2.27. The van der Waals surface area contributed by atoms with Crippen molar-refractivity contribution in [1.82, 2.24) is 9.36 Å². The molecule has 4 nitrogen and oxygen atoms in total. The standard InChI is InChI=1S/C11H19N3OS/c1-3-12-10-13-9(14-16-10)11(15-4-2)7-5-6-8-11/h3-8H2,1-2H3,(H,12,13,14). The molecule has 2 rings (SSSR count).